The van der Waals surface area contributed by atoms with E-state index in [-0.39, 0.29) is 11.5 Å². The lowest BCUT2D eigenvalue weighted by Crippen LogP contribution is -2.07. The molecule has 0 bridgehead atoms. The van der Waals surface area contributed by atoms with Gasteiger partial charge in [0.2, 0.25) is 0 Å². The van der Waals surface area contributed by atoms with Crippen molar-refractivity contribution in [2.24, 2.45) is 0 Å². The minimum absolute atomic E-state index is 0.174. The predicted molar refractivity (Wildman–Crippen MR) is 55.9 cm³/mol. The zero-order valence-electron chi connectivity index (χ0n) is 8.97. The number of esters is 1. The van der Waals surface area contributed by atoms with Crippen LogP contribution in [0.15, 0.2) is 6.07 Å². The minimum atomic E-state index is -0.495. The summed E-state index contributed by atoms with van der Waals surface area (Å²) in [6, 6.07) is 1.51. The zero-order valence-corrected chi connectivity index (χ0v) is 8.97. The normalized spacial score (nSPS) is 10.6. The Hall–Kier alpha value is -2.18. The van der Waals surface area contributed by atoms with E-state index in [0.29, 0.717) is 17.9 Å². The molecule has 0 saturated carbocycles. The first kappa shape index (κ1) is 10.3. The zero-order chi connectivity index (χ0) is 11.7. The third-order valence-corrected chi connectivity index (χ3v) is 1.96. The number of ether oxygens (including phenoxy) is 1. The van der Waals surface area contributed by atoms with Gasteiger partial charge in [0.05, 0.1) is 6.61 Å². The van der Waals surface area contributed by atoms with Gasteiger partial charge in [0, 0.05) is 6.07 Å². The van der Waals surface area contributed by atoms with E-state index in [9.17, 15) is 4.79 Å². The Bertz CT molecular complexity index is 548. The number of rotatable bonds is 2. The van der Waals surface area contributed by atoms with E-state index in [2.05, 4.69) is 15.2 Å². The second-order valence-corrected chi connectivity index (χ2v) is 3.17. The fourth-order valence-electron chi connectivity index (χ4n) is 1.32. The monoisotopic (exact) mass is 221 g/mol. The van der Waals surface area contributed by atoms with Crippen LogP contribution in [0.25, 0.3) is 5.52 Å². The molecule has 0 saturated heterocycles. The first-order valence-electron chi connectivity index (χ1n) is 4.79. The molecule has 2 aromatic rings. The molecule has 0 atom stereocenters. The summed E-state index contributed by atoms with van der Waals surface area (Å²) in [5, 5.41) is 7.97. The molecule has 7 heteroatoms. The lowest BCUT2D eigenvalue weighted by molar-refractivity contribution is 0.0519. The van der Waals surface area contributed by atoms with Crippen molar-refractivity contribution in [3.8, 4) is 0 Å². The van der Waals surface area contributed by atoms with Gasteiger partial charge >= 0.3 is 5.97 Å². The van der Waals surface area contributed by atoms with Gasteiger partial charge in [-0.15, -0.1) is 14.8 Å². The Balaban J connectivity index is 2.51. The van der Waals surface area contributed by atoms with E-state index in [1.807, 2.05) is 0 Å². The lowest BCUT2D eigenvalue weighted by atomic mass is 10.4. The number of hydrogen-bond donors (Lipinski definition) is 1. The first-order valence-corrected chi connectivity index (χ1v) is 4.79. The molecule has 7 nitrogen and oxygen atoms in total. The van der Waals surface area contributed by atoms with Crippen molar-refractivity contribution in [2.75, 3.05) is 12.3 Å². The van der Waals surface area contributed by atoms with Crippen molar-refractivity contribution in [2.45, 2.75) is 13.8 Å². The average molecular weight is 221 g/mol. The van der Waals surface area contributed by atoms with Crippen LogP contribution in [0.1, 0.15) is 23.2 Å². The van der Waals surface area contributed by atoms with Crippen LogP contribution in [0.2, 0.25) is 0 Å². The largest absolute Gasteiger partial charge is 0.461 e. The lowest BCUT2D eigenvalue weighted by Gasteiger charge is -1.96. The predicted octanol–water partition coefficient (Wildman–Crippen LogP) is 0.192. The van der Waals surface area contributed by atoms with Crippen LogP contribution in [0.4, 0.5) is 5.82 Å². The molecular formula is C9H11N5O2. The van der Waals surface area contributed by atoms with Gasteiger partial charge in [0.15, 0.2) is 11.5 Å². The van der Waals surface area contributed by atoms with Gasteiger partial charge in [0.25, 0.3) is 0 Å². The summed E-state index contributed by atoms with van der Waals surface area (Å²) < 4.78 is 6.11. The van der Waals surface area contributed by atoms with Crippen molar-refractivity contribution in [3.05, 3.63) is 17.6 Å². The maximum Gasteiger partial charge on any atom is 0.358 e. The quantitative estimate of drug-likeness (QED) is 0.727. The number of carbonyl (C=O) groups excluding carboxylic acids is 1. The standard InChI is InChI=1S/C9H11N5O2/c1-3-16-9(15)6-4-7-8(10)11-5(2)12-14(7)13-6/h4H,3H2,1-2H3,(H2,10,11,12). The highest BCUT2D eigenvalue weighted by atomic mass is 16.5. The Kier molecular flexibility index (Phi) is 2.43. The average Bonchev–Trinajstić information content (AvgIpc) is 2.62. The van der Waals surface area contributed by atoms with Crippen LogP contribution in [-0.4, -0.2) is 32.4 Å². The highest BCUT2D eigenvalue weighted by Gasteiger charge is 2.14. The van der Waals surface area contributed by atoms with Gasteiger partial charge in [-0.05, 0) is 13.8 Å². The highest BCUT2D eigenvalue weighted by molar-refractivity contribution is 5.89. The van der Waals surface area contributed by atoms with Crippen LogP contribution < -0.4 is 5.73 Å². The summed E-state index contributed by atoms with van der Waals surface area (Å²) in [6.45, 7) is 3.72. The second kappa shape index (κ2) is 3.76. The first-order chi connectivity index (χ1) is 7.61. The van der Waals surface area contributed by atoms with Crippen LogP contribution >= 0.6 is 0 Å². The third kappa shape index (κ3) is 1.67. The number of hydrogen-bond acceptors (Lipinski definition) is 6. The van der Waals surface area contributed by atoms with Gasteiger partial charge in [-0.3, -0.25) is 0 Å². The molecule has 2 aromatic heterocycles. The number of nitrogens with zero attached hydrogens (tertiary/aromatic N) is 4. The van der Waals surface area contributed by atoms with Crippen molar-refractivity contribution in [1.29, 1.82) is 0 Å². The molecule has 0 aliphatic rings. The topological polar surface area (TPSA) is 95.4 Å². The molecule has 0 aromatic carbocycles. The van der Waals surface area contributed by atoms with Gasteiger partial charge in [0.1, 0.15) is 11.3 Å². The number of nitrogen functional groups attached to an aromatic ring is 1. The van der Waals surface area contributed by atoms with Crippen LogP contribution in [0, 0.1) is 6.92 Å². The van der Waals surface area contributed by atoms with Gasteiger partial charge in [-0.25, -0.2) is 9.78 Å². The molecule has 0 unspecified atom stereocenters. The van der Waals surface area contributed by atoms with Gasteiger partial charge < -0.3 is 10.5 Å². The SMILES string of the molecule is CCOC(=O)c1cc2c(N)nc(C)nn2n1. The Morgan fingerprint density at radius 2 is 2.31 bits per heavy atom. The summed E-state index contributed by atoms with van der Waals surface area (Å²) in [5.41, 5.74) is 6.35. The Labute approximate surface area is 91.2 Å². The van der Waals surface area contributed by atoms with E-state index in [4.69, 9.17) is 10.5 Å². The second-order valence-electron chi connectivity index (χ2n) is 3.17. The smallest absolute Gasteiger partial charge is 0.358 e. The molecule has 0 radical (unpaired) electrons. The molecule has 0 aliphatic carbocycles. The summed E-state index contributed by atoms with van der Waals surface area (Å²) in [7, 11) is 0. The number of nitrogens with two attached hydrogens (primary N) is 1. The molecule has 0 amide bonds. The van der Waals surface area contributed by atoms with Crippen molar-refractivity contribution in [1.82, 2.24) is 19.8 Å². The molecule has 2 N–H and O–H groups in total. The van der Waals surface area contributed by atoms with Crippen molar-refractivity contribution in [3.63, 3.8) is 0 Å². The number of aromatic nitrogens is 4. The van der Waals surface area contributed by atoms with E-state index < -0.39 is 5.97 Å². The number of carbonyl (C=O) groups is 1. The van der Waals surface area contributed by atoms with E-state index in [1.54, 1.807) is 13.8 Å². The highest BCUT2D eigenvalue weighted by Crippen LogP contribution is 2.12. The summed E-state index contributed by atoms with van der Waals surface area (Å²) in [4.78, 5) is 15.4. The summed E-state index contributed by atoms with van der Waals surface area (Å²) in [6.07, 6.45) is 0. The minimum Gasteiger partial charge on any atom is -0.461 e. The van der Waals surface area contributed by atoms with Gasteiger partial charge in [-0.2, -0.15) is 0 Å². The molecule has 0 aliphatic heterocycles. The molecule has 0 spiro atoms. The van der Waals surface area contributed by atoms with Crippen LogP contribution in [0.5, 0.6) is 0 Å². The van der Waals surface area contributed by atoms with E-state index in [1.165, 1.54) is 10.7 Å². The van der Waals surface area contributed by atoms with E-state index in [0.717, 1.165) is 0 Å². The fraction of sp³-hybridized carbons (Fsp3) is 0.333. The molecule has 0 fully saturated rings. The van der Waals surface area contributed by atoms with Crippen molar-refractivity contribution >= 4 is 17.3 Å². The molecule has 84 valence electrons. The van der Waals surface area contributed by atoms with Crippen LogP contribution in [0.3, 0.4) is 0 Å². The van der Waals surface area contributed by atoms with Crippen LogP contribution in [-0.2, 0) is 4.74 Å². The molecule has 2 rings (SSSR count). The molecular weight excluding hydrogens is 210 g/mol. The van der Waals surface area contributed by atoms with Gasteiger partial charge in [-0.1, -0.05) is 0 Å². The maximum atomic E-state index is 11.4. The van der Waals surface area contributed by atoms with Crippen molar-refractivity contribution < 1.29 is 9.53 Å². The summed E-state index contributed by atoms with van der Waals surface area (Å²) >= 11 is 0. The number of anilines is 1. The Morgan fingerprint density at radius 3 is 3.00 bits per heavy atom. The third-order valence-electron chi connectivity index (χ3n) is 1.96. The number of fused-ring (bicyclic) bond motifs is 1. The maximum absolute atomic E-state index is 11.4. The molecule has 2 heterocycles. The Morgan fingerprint density at radius 1 is 1.56 bits per heavy atom. The summed E-state index contributed by atoms with van der Waals surface area (Å²) in [5.74, 6) is 0.282. The number of aryl methyl sites for hydroxylation is 1. The molecule has 16 heavy (non-hydrogen) atoms. The fourth-order valence-corrected chi connectivity index (χ4v) is 1.32. The van der Waals surface area contributed by atoms with E-state index >= 15 is 0 Å².